The van der Waals surface area contributed by atoms with Gasteiger partial charge in [-0.05, 0) is 74.5 Å². The minimum Gasteiger partial charge on any atom is -0.279 e. The Labute approximate surface area is 291 Å². The van der Waals surface area contributed by atoms with Crippen molar-refractivity contribution in [3.63, 3.8) is 0 Å². The zero-order valence-corrected chi connectivity index (χ0v) is 29.2. The quantitative estimate of drug-likeness (QED) is 0.109. The zero-order chi connectivity index (χ0) is 35.7. The molecule has 0 aliphatic rings. The van der Waals surface area contributed by atoms with Crippen molar-refractivity contribution in [3.8, 4) is 0 Å². The summed E-state index contributed by atoms with van der Waals surface area (Å²) in [4.78, 5) is 5.79. The molecular formula is C39H36F3O4S3+. The van der Waals surface area contributed by atoms with Gasteiger partial charge >= 0.3 is 15.6 Å². The average Bonchev–Trinajstić information content (AvgIpc) is 3.11. The third-order valence-corrected chi connectivity index (χ3v) is 10.6. The van der Waals surface area contributed by atoms with Crippen molar-refractivity contribution in [2.75, 3.05) is 0 Å². The zero-order valence-electron chi connectivity index (χ0n) is 26.8. The van der Waals surface area contributed by atoms with Gasteiger partial charge < -0.3 is 0 Å². The molecule has 0 unspecified atom stereocenters. The fourth-order valence-corrected chi connectivity index (χ4v) is 7.12. The molecule has 0 aliphatic carbocycles. The lowest BCUT2D eigenvalue weighted by Gasteiger charge is -2.07. The van der Waals surface area contributed by atoms with Crippen LogP contribution in [0.1, 0.15) is 11.1 Å². The predicted octanol–water partition coefficient (Wildman–Crippen LogP) is 10.3. The first-order valence-electron chi connectivity index (χ1n) is 14.8. The van der Waals surface area contributed by atoms with Gasteiger partial charge in [-0.2, -0.15) is 21.6 Å². The number of hydrogen-bond donors (Lipinski definition) is 1. The average molecular weight is 722 g/mol. The molecule has 6 aromatic carbocycles. The highest BCUT2D eigenvalue weighted by atomic mass is 32.2. The molecule has 0 saturated carbocycles. The summed E-state index contributed by atoms with van der Waals surface area (Å²) in [5, 5.41) is 0. The van der Waals surface area contributed by atoms with E-state index in [0.29, 0.717) is 0 Å². The van der Waals surface area contributed by atoms with Crippen molar-refractivity contribution >= 4 is 31.8 Å². The van der Waals surface area contributed by atoms with Crippen LogP contribution in [0.5, 0.6) is 0 Å². The molecule has 0 atom stereocenters. The highest BCUT2D eigenvalue weighted by molar-refractivity contribution is 7.97. The molecule has 0 aliphatic heterocycles. The second-order valence-electron chi connectivity index (χ2n) is 10.2. The van der Waals surface area contributed by atoms with Crippen molar-refractivity contribution in [2.45, 2.75) is 43.8 Å². The van der Waals surface area contributed by atoms with Gasteiger partial charge in [0.25, 0.3) is 0 Å². The van der Waals surface area contributed by atoms with Gasteiger partial charge in [-0.1, -0.05) is 126 Å². The predicted molar refractivity (Wildman–Crippen MR) is 193 cm³/mol. The van der Waals surface area contributed by atoms with Crippen LogP contribution in [0.25, 0.3) is 0 Å². The Morgan fingerprint density at radius 3 is 1.04 bits per heavy atom. The van der Waals surface area contributed by atoms with Gasteiger partial charge in [0.2, 0.25) is 0 Å². The van der Waals surface area contributed by atoms with E-state index in [1.165, 1.54) is 25.8 Å². The van der Waals surface area contributed by atoms with Gasteiger partial charge in [-0.3, -0.25) is 4.55 Å². The molecule has 254 valence electrons. The normalized spacial score (nSPS) is 10.9. The number of halogens is 3. The summed E-state index contributed by atoms with van der Waals surface area (Å²) in [5.74, 6) is 0. The SMILES string of the molecule is Cc1ccc([S+](c2ccccc2)c2ccccc2)cc1.Cc1ccccc1.O=S(=O)(O)C(F)(F)F.O=S(c1ccccc1)c1ccccc1. The van der Waals surface area contributed by atoms with Crippen LogP contribution in [0, 0.1) is 13.8 Å². The fraction of sp³-hybridized carbons (Fsp3) is 0.0769. The van der Waals surface area contributed by atoms with Crippen LogP contribution >= 0.6 is 0 Å². The second kappa shape index (κ2) is 19.5. The van der Waals surface area contributed by atoms with Gasteiger partial charge in [-0.15, -0.1) is 0 Å². The fourth-order valence-electron chi connectivity index (χ4n) is 3.95. The first-order chi connectivity index (χ1) is 23.4. The van der Waals surface area contributed by atoms with Crippen molar-refractivity contribution in [1.82, 2.24) is 0 Å². The van der Waals surface area contributed by atoms with Crippen LogP contribution < -0.4 is 0 Å². The van der Waals surface area contributed by atoms with Gasteiger partial charge in [0.15, 0.2) is 14.7 Å². The molecule has 0 heterocycles. The first kappa shape index (κ1) is 39.0. The van der Waals surface area contributed by atoms with Crippen molar-refractivity contribution < 1.29 is 30.4 Å². The summed E-state index contributed by atoms with van der Waals surface area (Å²) in [6, 6.07) is 59.6. The van der Waals surface area contributed by atoms with Crippen molar-refractivity contribution in [1.29, 1.82) is 0 Å². The lowest BCUT2D eigenvalue weighted by Crippen LogP contribution is -2.21. The van der Waals surface area contributed by atoms with Crippen molar-refractivity contribution in [3.05, 3.63) is 187 Å². The Hall–Kier alpha value is -4.48. The van der Waals surface area contributed by atoms with E-state index >= 15 is 0 Å². The number of aryl methyl sites for hydroxylation is 2. The topological polar surface area (TPSA) is 71.4 Å². The van der Waals surface area contributed by atoms with Gasteiger partial charge in [0.05, 0.1) is 21.7 Å². The molecule has 0 amide bonds. The first-order valence-corrected chi connectivity index (χ1v) is 18.7. The maximum atomic E-state index is 12.0. The highest BCUT2D eigenvalue weighted by Crippen LogP contribution is 2.31. The Bertz CT molecular complexity index is 1850. The molecule has 10 heteroatoms. The van der Waals surface area contributed by atoms with Crippen LogP contribution in [-0.4, -0.2) is 22.7 Å². The molecule has 0 aromatic heterocycles. The summed E-state index contributed by atoms with van der Waals surface area (Å²) < 4.78 is 69.5. The smallest absolute Gasteiger partial charge is 0.279 e. The molecule has 0 spiro atoms. The van der Waals surface area contributed by atoms with Crippen LogP contribution in [-0.2, 0) is 31.8 Å². The second-order valence-corrected chi connectivity index (χ2v) is 15.1. The van der Waals surface area contributed by atoms with Crippen LogP contribution in [0.15, 0.2) is 200 Å². The summed E-state index contributed by atoms with van der Waals surface area (Å²) in [6.45, 7) is 4.22. The van der Waals surface area contributed by atoms with E-state index < -0.39 is 26.4 Å². The number of alkyl halides is 3. The molecule has 6 rings (SSSR count). The van der Waals surface area contributed by atoms with Crippen LogP contribution in [0.4, 0.5) is 13.2 Å². The minimum absolute atomic E-state index is 0.0229. The van der Waals surface area contributed by atoms with E-state index in [1.807, 2.05) is 78.9 Å². The molecule has 4 nitrogen and oxygen atoms in total. The van der Waals surface area contributed by atoms with Crippen LogP contribution in [0.2, 0.25) is 0 Å². The van der Waals surface area contributed by atoms with E-state index in [9.17, 15) is 17.4 Å². The highest BCUT2D eigenvalue weighted by Gasteiger charge is 2.44. The molecule has 1 N–H and O–H groups in total. The molecule has 6 aromatic rings. The number of benzene rings is 6. The van der Waals surface area contributed by atoms with E-state index in [1.54, 1.807) is 0 Å². The van der Waals surface area contributed by atoms with Crippen molar-refractivity contribution in [2.24, 2.45) is 0 Å². The summed E-state index contributed by atoms with van der Waals surface area (Å²) in [5.41, 5.74) is -2.91. The third kappa shape index (κ3) is 13.5. The Morgan fingerprint density at radius 1 is 0.490 bits per heavy atom. The lowest BCUT2D eigenvalue weighted by molar-refractivity contribution is -0.0510. The molecule has 0 radical (unpaired) electrons. The van der Waals surface area contributed by atoms with E-state index in [2.05, 4.69) is 111 Å². The summed E-state index contributed by atoms with van der Waals surface area (Å²) >= 11 is 0. The Kier molecular flexibility index (Phi) is 15.5. The maximum absolute atomic E-state index is 12.0. The molecule has 0 bridgehead atoms. The monoisotopic (exact) mass is 721 g/mol. The Balaban J connectivity index is 0.000000194. The van der Waals surface area contributed by atoms with E-state index in [0.717, 1.165) is 9.79 Å². The molecular weight excluding hydrogens is 686 g/mol. The van der Waals surface area contributed by atoms with Gasteiger partial charge in [0.1, 0.15) is 0 Å². The molecule has 0 saturated heterocycles. The lowest BCUT2D eigenvalue weighted by atomic mass is 10.2. The van der Waals surface area contributed by atoms with Gasteiger partial charge in [-0.25, -0.2) is 4.21 Å². The maximum Gasteiger partial charge on any atom is 0.522 e. The van der Waals surface area contributed by atoms with E-state index in [4.69, 9.17) is 13.0 Å². The molecule has 49 heavy (non-hydrogen) atoms. The third-order valence-electron chi connectivity index (χ3n) is 6.36. The van der Waals surface area contributed by atoms with Gasteiger partial charge in [0, 0.05) is 9.79 Å². The minimum atomic E-state index is -5.84. The summed E-state index contributed by atoms with van der Waals surface area (Å²) in [7, 11) is -6.91. The largest absolute Gasteiger partial charge is 0.522 e. The Morgan fingerprint density at radius 2 is 0.755 bits per heavy atom. The standard InChI is InChI=1S/C19H17S.C12H10OS.C7H8.CHF3O3S/c1-16-12-14-19(15-13-16)20(17-8-4-2-5-9-17)18-10-6-3-7-11-18;13-14(11-7-3-1-4-8-11)12-9-5-2-6-10-12;1-7-5-3-2-4-6-7;2-1(3,4)8(5,6)7/h2-15H,1H3;1-10H;2-6H,1H3;(H,5,6,7)/q+1;;;. The number of rotatable bonds is 5. The molecule has 0 fully saturated rings. The van der Waals surface area contributed by atoms with E-state index in [-0.39, 0.29) is 10.9 Å². The summed E-state index contributed by atoms with van der Waals surface area (Å²) in [6.07, 6.45) is 0. The number of hydrogen-bond acceptors (Lipinski definition) is 3. The van der Waals surface area contributed by atoms with Crippen LogP contribution in [0.3, 0.4) is 0 Å².